The van der Waals surface area contributed by atoms with Crippen molar-refractivity contribution in [2.75, 3.05) is 6.54 Å². The van der Waals surface area contributed by atoms with Gasteiger partial charge in [0.25, 0.3) is 0 Å². The van der Waals surface area contributed by atoms with Crippen LogP contribution in [0.2, 0.25) is 0 Å². The molecule has 1 amide bonds. The SMILES string of the molecule is O=C(O)CCCCNC(=O)/C=C/c1cccc(F)c1. The summed E-state index contributed by atoms with van der Waals surface area (Å²) >= 11 is 0. The predicted octanol–water partition coefficient (Wildman–Crippen LogP) is 2.21. The number of rotatable bonds is 7. The van der Waals surface area contributed by atoms with E-state index in [-0.39, 0.29) is 18.1 Å². The van der Waals surface area contributed by atoms with E-state index in [0.717, 1.165) is 0 Å². The van der Waals surface area contributed by atoms with Crippen LogP contribution in [0.5, 0.6) is 0 Å². The maximum Gasteiger partial charge on any atom is 0.303 e. The van der Waals surface area contributed by atoms with E-state index in [9.17, 15) is 14.0 Å². The van der Waals surface area contributed by atoms with Crippen LogP contribution < -0.4 is 5.32 Å². The molecule has 0 saturated carbocycles. The zero-order valence-corrected chi connectivity index (χ0v) is 10.4. The number of carbonyl (C=O) groups is 2. The van der Waals surface area contributed by atoms with Crippen LogP contribution in [0.4, 0.5) is 4.39 Å². The van der Waals surface area contributed by atoms with Gasteiger partial charge < -0.3 is 10.4 Å². The molecule has 0 aromatic heterocycles. The molecule has 2 N–H and O–H groups in total. The highest BCUT2D eigenvalue weighted by Crippen LogP contribution is 2.05. The van der Waals surface area contributed by atoms with Crippen molar-refractivity contribution in [1.29, 1.82) is 0 Å². The lowest BCUT2D eigenvalue weighted by atomic mass is 10.2. The van der Waals surface area contributed by atoms with Crippen LogP contribution in [0.1, 0.15) is 24.8 Å². The highest BCUT2D eigenvalue weighted by Gasteiger charge is 1.98. The van der Waals surface area contributed by atoms with Crippen molar-refractivity contribution in [3.8, 4) is 0 Å². The van der Waals surface area contributed by atoms with Gasteiger partial charge in [-0.1, -0.05) is 12.1 Å². The fourth-order valence-corrected chi connectivity index (χ4v) is 1.45. The van der Waals surface area contributed by atoms with Crippen LogP contribution >= 0.6 is 0 Å². The van der Waals surface area contributed by atoms with Crippen LogP contribution in [-0.4, -0.2) is 23.5 Å². The number of halogens is 1. The minimum Gasteiger partial charge on any atom is -0.481 e. The Kier molecular flexibility index (Phi) is 6.29. The third kappa shape index (κ3) is 6.98. The second kappa shape index (κ2) is 8.02. The minimum atomic E-state index is -0.836. The average molecular weight is 265 g/mol. The lowest BCUT2D eigenvalue weighted by molar-refractivity contribution is -0.137. The number of benzene rings is 1. The molecule has 0 aliphatic rings. The average Bonchev–Trinajstić information content (AvgIpc) is 2.35. The molecule has 1 aromatic rings. The third-order valence-electron chi connectivity index (χ3n) is 2.39. The maximum absolute atomic E-state index is 12.9. The van der Waals surface area contributed by atoms with Crippen LogP contribution in [-0.2, 0) is 9.59 Å². The van der Waals surface area contributed by atoms with E-state index in [2.05, 4.69) is 5.32 Å². The van der Waals surface area contributed by atoms with Crippen molar-refractivity contribution >= 4 is 18.0 Å². The zero-order valence-electron chi connectivity index (χ0n) is 10.4. The third-order valence-corrected chi connectivity index (χ3v) is 2.39. The van der Waals surface area contributed by atoms with Crippen molar-refractivity contribution in [1.82, 2.24) is 5.32 Å². The summed E-state index contributed by atoms with van der Waals surface area (Å²) in [7, 11) is 0. The molecule has 0 fully saturated rings. The topological polar surface area (TPSA) is 66.4 Å². The Labute approximate surface area is 110 Å². The molecule has 1 rings (SSSR count). The second-order valence-electron chi connectivity index (χ2n) is 4.03. The molecule has 4 nitrogen and oxygen atoms in total. The molecule has 1 aromatic carbocycles. The summed E-state index contributed by atoms with van der Waals surface area (Å²) in [5, 5.41) is 11.1. The molecule has 0 spiro atoms. The Morgan fingerprint density at radius 2 is 2.11 bits per heavy atom. The standard InChI is InChI=1S/C14H16FNO3/c15-12-5-3-4-11(10-12)7-8-13(17)16-9-2-1-6-14(18)19/h3-5,7-8,10H,1-2,6,9H2,(H,16,17)(H,18,19)/b8-7+. The Morgan fingerprint density at radius 3 is 2.79 bits per heavy atom. The Hall–Kier alpha value is -2.17. The van der Waals surface area contributed by atoms with E-state index in [1.807, 2.05) is 0 Å². The number of hydrogen-bond donors (Lipinski definition) is 2. The summed E-state index contributed by atoms with van der Waals surface area (Å²) in [6, 6.07) is 5.93. The number of carboxylic acids is 1. The number of aliphatic carboxylic acids is 1. The highest BCUT2D eigenvalue weighted by atomic mass is 19.1. The van der Waals surface area contributed by atoms with Crippen molar-refractivity contribution in [3.05, 3.63) is 41.7 Å². The Morgan fingerprint density at radius 1 is 1.32 bits per heavy atom. The van der Waals surface area contributed by atoms with Gasteiger partial charge in [0.2, 0.25) is 5.91 Å². The summed E-state index contributed by atoms with van der Waals surface area (Å²) in [4.78, 5) is 21.6. The lowest BCUT2D eigenvalue weighted by Crippen LogP contribution is -2.22. The highest BCUT2D eigenvalue weighted by molar-refractivity contribution is 5.91. The molecule has 19 heavy (non-hydrogen) atoms. The summed E-state index contributed by atoms with van der Waals surface area (Å²) < 4.78 is 12.9. The van der Waals surface area contributed by atoms with Gasteiger partial charge >= 0.3 is 5.97 Å². The van der Waals surface area contributed by atoms with Gasteiger partial charge in [-0.05, 0) is 36.6 Å². The molecular formula is C14H16FNO3. The molecule has 0 atom stereocenters. The fraction of sp³-hybridized carbons (Fsp3) is 0.286. The normalized spacial score (nSPS) is 10.6. The molecule has 0 saturated heterocycles. The van der Waals surface area contributed by atoms with Gasteiger partial charge in [-0.25, -0.2) is 4.39 Å². The first-order chi connectivity index (χ1) is 9.08. The van der Waals surface area contributed by atoms with Crippen molar-refractivity contribution in [2.45, 2.75) is 19.3 Å². The van der Waals surface area contributed by atoms with E-state index < -0.39 is 5.97 Å². The first-order valence-corrected chi connectivity index (χ1v) is 6.01. The predicted molar refractivity (Wildman–Crippen MR) is 69.9 cm³/mol. The molecule has 0 aliphatic heterocycles. The van der Waals surface area contributed by atoms with E-state index >= 15 is 0 Å². The van der Waals surface area contributed by atoms with Gasteiger partial charge in [0.1, 0.15) is 5.82 Å². The number of carboxylic acid groups (broad SMARTS) is 1. The second-order valence-corrected chi connectivity index (χ2v) is 4.03. The first kappa shape index (κ1) is 14.9. The quantitative estimate of drug-likeness (QED) is 0.586. The van der Waals surface area contributed by atoms with Crippen molar-refractivity contribution in [2.24, 2.45) is 0 Å². The van der Waals surface area contributed by atoms with Crippen LogP contribution in [0.25, 0.3) is 6.08 Å². The van der Waals surface area contributed by atoms with Crippen molar-refractivity contribution < 1.29 is 19.1 Å². The lowest BCUT2D eigenvalue weighted by Gasteiger charge is -2.00. The molecule has 0 bridgehead atoms. The number of nitrogens with one attached hydrogen (secondary N) is 1. The van der Waals surface area contributed by atoms with Gasteiger partial charge in [0.05, 0.1) is 0 Å². The van der Waals surface area contributed by atoms with E-state index in [1.54, 1.807) is 12.1 Å². The first-order valence-electron chi connectivity index (χ1n) is 6.01. The van der Waals surface area contributed by atoms with Gasteiger partial charge in [0, 0.05) is 19.0 Å². The van der Waals surface area contributed by atoms with Gasteiger partial charge in [-0.3, -0.25) is 9.59 Å². The van der Waals surface area contributed by atoms with Gasteiger partial charge in [0.15, 0.2) is 0 Å². The molecule has 0 aliphatic carbocycles. The molecule has 0 heterocycles. The smallest absolute Gasteiger partial charge is 0.303 e. The monoisotopic (exact) mass is 265 g/mol. The van der Waals surface area contributed by atoms with E-state index in [1.165, 1.54) is 24.3 Å². The summed E-state index contributed by atoms with van der Waals surface area (Å²) in [6.07, 6.45) is 4.10. The van der Waals surface area contributed by atoms with E-state index in [4.69, 9.17) is 5.11 Å². The number of hydrogen-bond acceptors (Lipinski definition) is 2. The minimum absolute atomic E-state index is 0.106. The molecular weight excluding hydrogens is 249 g/mol. The van der Waals surface area contributed by atoms with Gasteiger partial charge in [-0.15, -0.1) is 0 Å². The number of carbonyl (C=O) groups excluding carboxylic acids is 1. The Balaban J connectivity index is 2.25. The molecule has 102 valence electrons. The van der Waals surface area contributed by atoms with Gasteiger partial charge in [-0.2, -0.15) is 0 Å². The zero-order chi connectivity index (χ0) is 14.1. The molecule has 5 heteroatoms. The van der Waals surface area contributed by atoms with E-state index in [0.29, 0.717) is 24.9 Å². The van der Waals surface area contributed by atoms with Crippen LogP contribution in [0, 0.1) is 5.82 Å². The fourth-order valence-electron chi connectivity index (χ4n) is 1.45. The van der Waals surface area contributed by atoms with Crippen LogP contribution in [0.15, 0.2) is 30.3 Å². The number of amides is 1. The van der Waals surface area contributed by atoms with Crippen LogP contribution in [0.3, 0.4) is 0 Å². The summed E-state index contributed by atoms with van der Waals surface area (Å²) in [6.45, 7) is 0.430. The largest absolute Gasteiger partial charge is 0.481 e. The molecule has 0 unspecified atom stereocenters. The summed E-state index contributed by atoms with van der Waals surface area (Å²) in [5.41, 5.74) is 0.612. The molecule has 0 radical (unpaired) electrons. The van der Waals surface area contributed by atoms with Crippen molar-refractivity contribution in [3.63, 3.8) is 0 Å². The summed E-state index contributed by atoms with van der Waals surface area (Å²) in [5.74, 6) is -1.46. The Bertz CT molecular complexity index is 472. The number of unbranched alkanes of at least 4 members (excludes halogenated alkanes) is 1. The maximum atomic E-state index is 12.9.